The lowest BCUT2D eigenvalue weighted by Crippen LogP contribution is -2.25. The van der Waals surface area contributed by atoms with Crippen molar-refractivity contribution in [1.82, 2.24) is 9.55 Å². The van der Waals surface area contributed by atoms with Crippen molar-refractivity contribution in [2.75, 3.05) is 26.6 Å². The van der Waals surface area contributed by atoms with Crippen molar-refractivity contribution in [1.29, 1.82) is 0 Å². The summed E-state index contributed by atoms with van der Waals surface area (Å²) in [5, 5.41) is 3.29. The van der Waals surface area contributed by atoms with Crippen LogP contribution in [0.1, 0.15) is 6.42 Å². The molecule has 0 unspecified atom stereocenters. The fraction of sp³-hybridized carbons (Fsp3) is 0.250. The number of H-pyrrole nitrogens is 1. The fourth-order valence-corrected chi connectivity index (χ4v) is 3.28. The number of anilines is 1. The van der Waals surface area contributed by atoms with Crippen LogP contribution in [0.2, 0.25) is 0 Å². The summed E-state index contributed by atoms with van der Waals surface area (Å²) in [6.07, 6.45) is 0.0619. The number of aromatic nitrogens is 2. The normalized spacial score (nSPS) is 10.6. The van der Waals surface area contributed by atoms with Crippen molar-refractivity contribution in [3.63, 3.8) is 0 Å². The van der Waals surface area contributed by atoms with E-state index in [0.717, 1.165) is 0 Å². The molecule has 0 saturated heterocycles. The molecule has 0 fully saturated rings. The Bertz CT molecular complexity index is 1140. The molecule has 0 aliphatic rings. The highest BCUT2D eigenvalue weighted by Crippen LogP contribution is 2.39. The Labute approximate surface area is 172 Å². The third-order valence-electron chi connectivity index (χ3n) is 4.40. The number of para-hydroxylation sites is 1. The van der Waals surface area contributed by atoms with Crippen molar-refractivity contribution in [2.24, 2.45) is 0 Å². The van der Waals surface area contributed by atoms with Gasteiger partial charge in [0.2, 0.25) is 11.7 Å². The monoisotopic (exact) mass is 415 g/mol. The molecule has 0 aliphatic heterocycles. The Balaban J connectivity index is 1.78. The van der Waals surface area contributed by atoms with Crippen molar-refractivity contribution in [2.45, 2.75) is 13.0 Å². The highest BCUT2D eigenvalue weighted by Gasteiger charge is 2.15. The molecule has 0 spiro atoms. The summed E-state index contributed by atoms with van der Waals surface area (Å²) in [5.41, 5.74) is 0.922. The molecule has 9 heteroatoms. The summed E-state index contributed by atoms with van der Waals surface area (Å²) in [5.74, 6) is 1.00. The Morgan fingerprint density at radius 2 is 1.76 bits per heavy atom. The van der Waals surface area contributed by atoms with Gasteiger partial charge in [0.05, 0.1) is 32.2 Å². The van der Waals surface area contributed by atoms with Crippen LogP contribution in [0.5, 0.6) is 17.2 Å². The van der Waals surface area contributed by atoms with Crippen LogP contribution in [0.25, 0.3) is 10.9 Å². The van der Waals surface area contributed by atoms with Crippen molar-refractivity contribution in [3.8, 4) is 17.2 Å². The first-order valence-electron chi connectivity index (χ1n) is 8.80. The molecule has 3 rings (SSSR count). The smallest absolute Gasteiger partial charge is 0.262 e. The lowest BCUT2D eigenvalue weighted by molar-refractivity contribution is -0.116. The number of hydrogen-bond acceptors (Lipinski definition) is 6. The number of rotatable bonds is 7. The summed E-state index contributed by atoms with van der Waals surface area (Å²) < 4.78 is 17.5. The van der Waals surface area contributed by atoms with E-state index < -0.39 is 0 Å². The second kappa shape index (κ2) is 8.78. The first kappa shape index (κ1) is 20.4. The van der Waals surface area contributed by atoms with E-state index >= 15 is 0 Å². The van der Waals surface area contributed by atoms with Crippen LogP contribution in [-0.2, 0) is 11.3 Å². The van der Waals surface area contributed by atoms with Crippen molar-refractivity contribution >= 4 is 34.7 Å². The van der Waals surface area contributed by atoms with Gasteiger partial charge in [-0.15, -0.1) is 0 Å². The lowest BCUT2D eigenvalue weighted by atomic mass is 10.2. The van der Waals surface area contributed by atoms with Gasteiger partial charge >= 0.3 is 0 Å². The molecule has 1 aromatic heterocycles. The molecule has 152 valence electrons. The topological polar surface area (TPSA) is 94.6 Å². The van der Waals surface area contributed by atoms with Gasteiger partial charge in [-0.2, -0.15) is 0 Å². The van der Waals surface area contributed by atoms with Gasteiger partial charge in [0.15, 0.2) is 16.3 Å². The van der Waals surface area contributed by atoms with Gasteiger partial charge in [-0.1, -0.05) is 12.1 Å². The van der Waals surface area contributed by atoms with Crippen LogP contribution in [0.15, 0.2) is 41.2 Å². The largest absolute Gasteiger partial charge is 0.493 e. The van der Waals surface area contributed by atoms with Gasteiger partial charge in [0.25, 0.3) is 5.56 Å². The summed E-state index contributed by atoms with van der Waals surface area (Å²) in [4.78, 5) is 28.1. The molecule has 0 atom stereocenters. The zero-order chi connectivity index (χ0) is 21.0. The minimum Gasteiger partial charge on any atom is -0.493 e. The van der Waals surface area contributed by atoms with E-state index in [-0.39, 0.29) is 29.2 Å². The summed E-state index contributed by atoms with van der Waals surface area (Å²) in [6.45, 7) is 0.148. The van der Waals surface area contributed by atoms with E-state index in [2.05, 4.69) is 10.3 Å². The van der Waals surface area contributed by atoms with Gasteiger partial charge in [-0.05, 0) is 24.4 Å². The van der Waals surface area contributed by atoms with Crippen LogP contribution in [0.3, 0.4) is 0 Å². The van der Waals surface area contributed by atoms with Crippen LogP contribution >= 0.6 is 12.2 Å². The molecule has 2 N–H and O–H groups in total. The minimum atomic E-state index is -0.284. The number of carbonyl (C=O) groups is 1. The van der Waals surface area contributed by atoms with Crippen LogP contribution in [0, 0.1) is 4.77 Å². The summed E-state index contributed by atoms with van der Waals surface area (Å²) in [7, 11) is 4.50. The zero-order valence-corrected chi connectivity index (χ0v) is 17.1. The predicted octanol–water partition coefficient (Wildman–Crippen LogP) is 3.11. The molecule has 0 saturated carbocycles. The average Bonchev–Trinajstić information content (AvgIpc) is 2.72. The first-order valence-corrected chi connectivity index (χ1v) is 9.21. The highest BCUT2D eigenvalue weighted by atomic mass is 32.1. The molecule has 3 aromatic rings. The van der Waals surface area contributed by atoms with E-state index in [9.17, 15) is 9.59 Å². The van der Waals surface area contributed by atoms with E-state index in [1.54, 1.807) is 30.3 Å². The second-order valence-corrected chi connectivity index (χ2v) is 6.53. The zero-order valence-electron chi connectivity index (χ0n) is 16.3. The number of aromatic amines is 1. The maximum absolute atomic E-state index is 12.7. The Kier molecular flexibility index (Phi) is 6.18. The van der Waals surface area contributed by atoms with E-state index in [1.807, 2.05) is 6.07 Å². The van der Waals surface area contributed by atoms with Crippen LogP contribution < -0.4 is 25.1 Å². The number of amides is 1. The predicted molar refractivity (Wildman–Crippen MR) is 113 cm³/mol. The maximum Gasteiger partial charge on any atom is 0.262 e. The number of ether oxygens (including phenoxy) is 3. The number of carbonyl (C=O) groups excluding carboxylic acids is 1. The van der Waals surface area contributed by atoms with E-state index in [1.165, 1.54) is 25.9 Å². The quantitative estimate of drug-likeness (QED) is 0.576. The molecule has 0 radical (unpaired) electrons. The second-order valence-electron chi connectivity index (χ2n) is 6.14. The fourth-order valence-electron chi connectivity index (χ4n) is 2.99. The van der Waals surface area contributed by atoms with Gasteiger partial charge in [-0.25, -0.2) is 0 Å². The summed E-state index contributed by atoms with van der Waals surface area (Å²) in [6, 6.07) is 10.4. The SMILES string of the molecule is COc1cc(NC(=O)CCn2c(=S)[nH]c3ccccc3c2=O)cc(OC)c1OC. The molecule has 29 heavy (non-hydrogen) atoms. The third-order valence-corrected chi connectivity index (χ3v) is 4.72. The number of fused-ring (bicyclic) bond motifs is 1. The van der Waals surface area contributed by atoms with E-state index in [0.29, 0.717) is 33.8 Å². The number of methoxy groups -OCH3 is 3. The summed E-state index contributed by atoms with van der Waals surface area (Å²) >= 11 is 5.27. The number of nitrogens with one attached hydrogen (secondary N) is 2. The molecule has 1 heterocycles. The lowest BCUT2D eigenvalue weighted by Gasteiger charge is -2.14. The number of hydrogen-bond donors (Lipinski definition) is 2. The molecule has 1 amide bonds. The van der Waals surface area contributed by atoms with E-state index in [4.69, 9.17) is 26.4 Å². The molecule has 8 nitrogen and oxygen atoms in total. The van der Waals surface area contributed by atoms with Crippen molar-refractivity contribution < 1.29 is 19.0 Å². The Hall–Kier alpha value is -3.33. The van der Waals surface area contributed by atoms with Gasteiger partial charge in [0.1, 0.15) is 0 Å². The average molecular weight is 415 g/mol. The highest BCUT2D eigenvalue weighted by molar-refractivity contribution is 7.71. The minimum absolute atomic E-state index is 0.0619. The Morgan fingerprint density at radius 3 is 2.38 bits per heavy atom. The Morgan fingerprint density at radius 1 is 1.10 bits per heavy atom. The number of benzene rings is 2. The van der Waals surface area contributed by atoms with Crippen LogP contribution in [-0.4, -0.2) is 36.8 Å². The first-order chi connectivity index (χ1) is 14.0. The standard InChI is InChI=1S/C20H21N3O5S/c1-26-15-10-12(11-16(27-2)18(15)28-3)21-17(24)8-9-23-19(25)13-6-4-5-7-14(13)22-20(23)29/h4-7,10-11H,8-9H2,1-3H3,(H,21,24)(H,22,29). The molecule has 0 aliphatic carbocycles. The molecule has 2 aromatic carbocycles. The number of nitrogens with zero attached hydrogens (tertiary/aromatic N) is 1. The molecule has 0 bridgehead atoms. The molecular formula is C20H21N3O5S. The van der Waals surface area contributed by atoms with Gasteiger partial charge in [0, 0.05) is 30.8 Å². The van der Waals surface area contributed by atoms with Gasteiger partial charge < -0.3 is 24.5 Å². The van der Waals surface area contributed by atoms with Crippen LogP contribution in [0.4, 0.5) is 5.69 Å². The van der Waals surface area contributed by atoms with Gasteiger partial charge in [-0.3, -0.25) is 14.2 Å². The molecular weight excluding hydrogens is 394 g/mol. The maximum atomic E-state index is 12.7. The van der Waals surface area contributed by atoms with Crippen molar-refractivity contribution in [3.05, 3.63) is 51.5 Å². The third kappa shape index (κ3) is 4.24.